The van der Waals surface area contributed by atoms with Crippen LogP contribution in [0.1, 0.15) is 51.5 Å². The van der Waals surface area contributed by atoms with Crippen molar-refractivity contribution in [2.75, 3.05) is 21.2 Å². The fourth-order valence-corrected chi connectivity index (χ4v) is 3.12. The Balaban J connectivity index is 3.15. The third kappa shape index (κ3) is 4.45. The smallest absolute Gasteiger partial charge is 0.118 e. The van der Waals surface area contributed by atoms with Crippen LogP contribution >= 0.6 is 0 Å². The first kappa shape index (κ1) is 18.0. The largest absolute Gasteiger partial charge is 0.497 e. The highest BCUT2D eigenvalue weighted by Crippen LogP contribution is 2.33. The van der Waals surface area contributed by atoms with E-state index in [1.807, 2.05) is 12.1 Å². The summed E-state index contributed by atoms with van der Waals surface area (Å²) in [5, 5.41) is 0. The minimum Gasteiger partial charge on any atom is -0.497 e. The van der Waals surface area contributed by atoms with Crippen molar-refractivity contribution in [1.29, 1.82) is 0 Å². The summed E-state index contributed by atoms with van der Waals surface area (Å²) in [6.45, 7) is 4.45. The molecule has 0 radical (unpaired) electrons. The number of unbranched alkanes of at least 4 members (excludes halogenated alkanes) is 1. The van der Waals surface area contributed by atoms with Crippen LogP contribution in [0, 0.1) is 0 Å². The van der Waals surface area contributed by atoms with Gasteiger partial charge in [-0.25, -0.2) is 0 Å². The minimum absolute atomic E-state index is 0.304. The number of rotatable bonds is 9. The number of hydrogen-bond acceptors (Lipinski definition) is 3. The summed E-state index contributed by atoms with van der Waals surface area (Å²) >= 11 is 0. The summed E-state index contributed by atoms with van der Waals surface area (Å²) in [4.78, 5) is 2.28. The molecule has 120 valence electrons. The van der Waals surface area contributed by atoms with Crippen molar-refractivity contribution < 1.29 is 4.74 Å². The lowest BCUT2D eigenvalue weighted by atomic mass is 9.77. The molecule has 0 bridgehead atoms. The van der Waals surface area contributed by atoms with Crippen molar-refractivity contribution in [3.63, 3.8) is 0 Å². The number of hydrogen-bond donors (Lipinski definition) is 1. The van der Waals surface area contributed by atoms with Gasteiger partial charge in [0.05, 0.1) is 12.6 Å². The number of nitrogens with two attached hydrogens (primary N) is 1. The van der Waals surface area contributed by atoms with Gasteiger partial charge in [0, 0.05) is 6.04 Å². The van der Waals surface area contributed by atoms with E-state index in [4.69, 9.17) is 10.5 Å². The van der Waals surface area contributed by atoms with E-state index in [-0.39, 0.29) is 5.54 Å². The van der Waals surface area contributed by atoms with E-state index >= 15 is 0 Å². The number of benzene rings is 1. The molecule has 0 spiro atoms. The maximum absolute atomic E-state index is 6.95. The van der Waals surface area contributed by atoms with Gasteiger partial charge in [-0.2, -0.15) is 0 Å². The molecule has 0 saturated carbocycles. The lowest BCUT2D eigenvalue weighted by molar-refractivity contribution is 0.152. The molecule has 0 aliphatic rings. The second-order valence-corrected chi connectivity index (χ2v) is 6.14. The van der Waals surface area contributed by atoms with Gasteiger partial charge >= 0.3 is 0 Å². The van der Waals surface area contributed by atoms with Crippen molar-refractivity contribution in [1.82, 2.24) is 4.90 Å². The number of methoxy groups -OCH3 is 1. The molecule has 1 aromatic rings. The summed E-state index contributed by atoms with van der Waals surface area (Å²) in [5.41, 5.74) is 7.85. The van der Waals surface area contributed by atoms with Crippen LogP contribution in [0.5, 0.6) is 5.75 Å². The molecule has 0 aliphatic heterocycles. The van der Waals surface area contributed by atoms with Gasteiger partial charge in [0.1, 0.15) is 5.75 Å². The number of ether oxygens (including phenoxy) is 1. The highest BCUT2D eigenvalue weighted by Gasteiger charge is 2.36. The van der Waals surface area contributed by atoms with E-state index in [0.717, 1.165) is 31.4 Å². The molecule has 0 fully saturated rings. The summed E-state index contributed by atoms with van der Waals surface area (Å²) in [5.74, 6) is 0.883. The first-order chi connectivity index (χ1) is 9.99. The van der Waals surface area contributed by atoms with Gasteiger partial charge in [-0.15, -0.1) is 0 Å². The van der Waals surface area contributed by atoms with Crippen LogP contribution in [0.3, 0.4) is 0 Å². The van der Waals surface area contributed by atoms with Gasteiger partial charge in [-0.3, -0.25) is 0 Å². The van der Waals surface area contributed by atoms with Crippen LogP contribution in [-0.4, -0.2) is 32.1 Å². The Morgan fingerprint density at radius 3 is 2.19 bits per heavy atom. The SMILES string of the molecule is CCCCC(N)(c1ccc(OC)cc1)C(CCC)N(C)C. The summed E-state index contributed by atoms with van der Waals surface area (Å²) in [6, 6.07) is 8.63. The van der Waals surface area contributed by atoms with E-state index in [2.05, 4.69) is 45.0 Å². The molecule has 0 aromatic heterocycles. The molecule has 3 nitrogen and oxygen atoms in total. The second-order valence-electron chi connectivity index (χ2n) is 6.14. The molecule has 0 heterocycles. The average Bonchev–Trinajstić information content (AvgIpc) is 2.50. The summed E-state index contributed by atoms with van der Waals surface area (Å²) < 4.78 is 5.27. The quantitative estimate of drug-likeness (QED) is 0.753. The molecule has 1 rings (SSSR count). The average molecular weight is 292 g/mol. The van der Waals surface area contributed by atoms with Crippen LogP contribution < -0.4 is 10.5 Å². The Kier molecular flexibility index (Phi) is 7.20. The topological polar surface area (TPSA) is 38.5 Å². The fourth-order valence-electron chi connectivity index (χ4n) is 3.12. The Morgan fingerprint density at radius 2 is 1.76 bits per heavy atom. The Hall–Kier alpha value is -1.06. The van der Waals surface area contributed by atoms with Crippen LogP contribution in [0.25, 0.3) is 0 Å². The van der Waals surface area contributed by atoms with E-state index in [1.165, 1.54) is 12.0 Å². The fraction of sp³-hybridized carbons (Fsp3) is 0.667. The molecular formula is C18H32N2O. The molecule has 0 aliphatic carbocycles. The molecule has 21 heavy (non-hydrogen) atoms. The maximum atomic E-state index is 6.95. The van der Waals surface area contributed by atoms with E-state index in [1.54, 1.807) is 7.11 Å². The van der Waals surface area contributed by atoms with Crippen molar-refractivity contribution in [3.8, 4) is 5.75 Å². The first-order valence-corrected chi connectivity index (χ1v) is 8.09. The van der Waals surface area contributed by atoms with Crippen molar-refractivity contribution in [2.24, 2.45) is 5.73 Å². The lowest BCUT2D eigenvalue weighted by Crippen LogP contribution is -2.54. The van der Waals surface area contributed by atoms with E-state index in [0.29, 0.717) is 6.04 Å². The van der Waals surface area contributed by atoms with E-state index in [9.17, 15) is 0 Å². The van der Waals surface area contributed by atoms with Crippen molar-refractivity contribution >= 4 is 0 Å². The maximum Gasteiger partial charge on any atom is 0.118 e. The second kappa shape index (κ2) is 8.40. The molecule has 2 unspecified atom stereocenters. The van der Waals surface area contributed by atoms with Gasteiger partial charge in [0.25, 0.3) is 0 Å². The highest BCUT2D eigenvalue weighted by atomic mass is 16.5. The molecule has 1 aromatic carbocycles. The standard InChI is InChI=1S/C18H32N2O/c1-6-8-14-18(19,17(9-7-2)20(3)4)15-10-12-16(21-5)13-11-15/h10-13,17H,6-9,14,19H2,1-5H3. The Morgan fingerprint density at radius 1 is 1.14 bits per heavy atom. The minimum atomic E-state index is -0.304. The van der Waals surface area contributed by atoms with Crippen molar-refractivity contribution in [3.05, 3.63) is 29.8 Å². The van der Waals surface area contributed by atoms with Crippen LogP contribution in [0.4, 0.5) is 0 Å². The third-order valence-corrected chi connectivity index (χ3v) is 4.35. The lowest BCUT2D eigenvalue weighted by Gasteiger charge is -2.42. The van der Waals surface area contributed by atoms with Gasteiger partial charge in [-0.1, -0.05) is 45.2 Å². The van der Waals surface area contributed by atoms with E-state index < -0.39 is 0 Å². The van der Waals surface area contributed by atoms with Crippen LogP contribution in [-0.2, 0) is 5.54 Å². The predicted octanol–water partition coefficient (Wildman–Crippen LogP) is 3.77. The summed E-state index contributed by atoms with van der Waals surface area (Å²) in [6.07, 6.45) is 5.58. The summed E-state index contributed by atoms with van der Waals surface area (Å²) in [7, 11) is 5.97. The van der Waals surface area contributed by atoms with Crippen LogP contribution in [0.15, 0.2) is 24.3 Å². The Bertz CT molecular complexity index is 402. The van der Waals surface area contributed by atoms with Crippen molar-refractivity contribution in [2.45, 2.75) is 57.5 Å². The number of likely N-dealkylation sites (N-methyl/N-ethyl adjacent to an activating group) is 1. The third-order valence-electron chi connectivity index (χ3n) is 4.35. The molecule has 0 saturated heterocycles. The van der Waals surface area contributed by atoms with Gasteiger partial charge < -0.3 is 15.4 Å². The number of nitrogens with zero attached hydrogens (tertiary/aromatic N) is 1. The van der Waals surface area contributed by atoms with Gasteiger partial charge in [0.15, 0.2) is 0 Å². The molecule has 2 N–H and O–H groups in total. The monoisotopic (exact) mass is 292 g/mol. The zero-order valence-corrected chi connectivity index (χ0v) is 14.4. The first-order valence-electron chi connectivity index (χ1n) is 8.09. The highest BCUT2D eigenvalue weighted by molar-refractivity contribution is 5.33. The molecular weight excluding hydrogens is 260 g/mol. The zero-order valence-electron chi connectivity index (χ0n) is 14.4. The van der Waals surface area contributed by atoms with Crippen LogP contribution in [0.2, 0.25) is 0 Å². The molecule has 0 amide bonds. The van der Waals surface area contributed by atoms with Gasteiger partial charge in [0.2, 0.25) is 0 Å². The zero-order chi connectivity index (χ0) is 15.9. The normalized spacial score (nSPS) is 15.8. The molecule has 3 heteroatoms. The predicted molar refractivity (Wildman–Crippen MR) is 90.8 cm³/mol. The molecule has 2 atom stereocenters. The van der Waals surface area contributed by atoms with Gasteiger partial charge in [-0.05, 0) is 44.6 Å². The Labute approximate surface area is 130 Å².